The van der Waals surface area contributed by atoms with Crippen LogP contribution in [0.2, 0.25) is 0 Å². The number of hydrogen-bond acceptors (Lipinski definition) is 0. The Hall–Kier alpha value is -1.30. The van der Waals surface area contributed by atoms with E-state index in [2.05, 4.69) is 61.6 Å². The number of unbranched alkanes of at least 4 members (excludes halogenated alkanes) is 5. The molecule has 0 bridgehead atoms. The average molecular weight is 242 g/mol. The van der Waals surface area contributed by atoms with Gasteiger partial charge in [-0.1, -0.05) is 87.2 Å². The smallest absolute Gasteiger partial charge is 0.00943 e. The molecule has 98 valence electrons. The van der Waals surface area contributed by atoms with Gasteiger partial charge in [0, 0.05) is 0 Å². The summed E-state index contributed by atoms with van der Waals surface area (Å²) in [6.07, 6.45) is 17.9. The third kappa shape index (κ3) is 7.89. The third-order valence-corrected chi connectivity index (χ3v) is 3.05. The van der Waals surface area contributed by atoms with Gasteiger partial charge in [0.1, 0.15) is 0 Å². The van der Waals surface area contributed by atoms with Gasteiger partial charge in [-0.2, -0.15) is 0 Å². The van der Waals surface area contributed by atoms with E-state index in [0.717, 1.165) is 6.42 Å². The molecule has 0 aromatic heterocycles. The summed E-state index contributed by atoms with van der Waals surface area (Å²) in [6, 6.07) is 10.6. The fourth-order valence-corrected chi connectivity index (χ4v) is 1.94. The molecule has 0 aliphatic carbocycles. The lowest BCUT2D eigenvalue weighted by Gasteiger charge is -1.95. The van der Waals surface area contributed by atoms with Gasteiger partial charge in [0.05, 0.1) is 0 Å². The Bertz CT molecular complexity index is 332. The minimum absolute atomic E-state index is 1.03. The summed E-state index contributed by atoms with van der Waals surface area (Å²) in [6.45, 7) is 2.26. The highest BCUT2D eigenvalue weighted by molar-refractivity contribution is 5.18. The van der Waals surface area contributed by atoms with Gasteiger partial charge in [0.25, 0.3) is 0 Å². The topological polar surface area (TPSA) is 0 Å². The van der Waals surface area contributed by atoms with E-state index < -0.39 is 0 Å². The predicted octanol–water partition coefficient (Wildman–Crippen LogP) is 5.70. The quantitative estimate of drug-likeness (QED) is 0.385. The molecule has 0 amide bonds. The Labute approximate surface area is 112 Å². The van der Waals surface area contributed by atoms with E-state index in [1.165, 1.54) is 44.1 Å². The van der Waals surface area contributed by atoms with E-state index in [-0.39, 0.29) is 0 Å². The molecule has 0 heteroatoms. The highest BCUT2D eigenvalue weighted by Gasteiger charge is 1.86. The van der Waals surface area contributed by atoms with Gasteiger partial charge in [-0.05, 0) is 24.8 Å². The van der Waals surface area contributed by atoms with Gasteiger partial charge < -0.3 is 0 Å². The Morgan fingerprint density at radius 1 is 0.833 bits per heavy atom. The Morgan fingerprint density at radius 2 is 1.56 bits per heavy atom. The molecule has 0 radical (unpaired) electrons. The second-order valence-electron chi connectivity index (χ2n) is 4.75. The summed E-state index contributed by atoms with van der Waals surface area (Å²) < 4.78 is 0. The predicted molar refractivity (Wildman–Crippen MR) is 81.8 cm³/mol. The van der Waals surface area contributed by atoms with Crippen molar-refractivity contribution in [3.63, 3.8) is 0 Å². The van der Waals surface area contributed by atoms with E-state index in [1.54, 1.807) is 0 Å². The molecular weight excluding hydrogens is 216 g/mol. The van der Waals surface area contributed by atoms with Crippen LogP contribution in [-0.2, 0) is 6.42 Å². The molecular formula is C18H26. The zero-order valence-electron chi connectivity index (χ0n) is 11.6. The molecule has 0 nitrogen and oxygen atoms in total. The molecule has 1 rings (SSSR count). The van der Waals surface area contributed by atoms with Gasteiger partial charge >= 0.3 is 0 Å². The highest BCUT2D eigenvalue weighted by Crippen LogP contribution is 2.05. The Balaban J connectivity index is 2.02. The molecule has 0 heterocycles. The van der Waals surface area contributed by atoms with Crippen LogP contribution in [0.15, 0.2) is 54.6 Å². The Kier molecular flexibility index (Phi) is 8.88. The maximum atomic E-state index is 2.29. The molecule has 0 unspecified atom stereocenters. The summed E-state index contributed by atoms with van der Waals surface area (Å²) >= 11 is 0. The standard InChI is InChI=1S/C18H26/c1-2-3-4-5-6-7-8-9-10-12-15-18-16-13-11-14-17-18/h8-14,16-17H,2-7,15H2,1H3/b9-8-,12-10-. The van der Waals surface area contributed by atoms with E-state index in [9.17, 15) is 0 Å². The van der Waals surface area contributed by atoms with Crippen molar-refractivity contribution in [2.75, 3.05) is 0 Å². The summed E-state index contributed by atoms with van der Waals surface area (Å²) in [5.74, 6) is 0. The first-order valence-electron chi connectivity index (χ1n) is 7.29. The third-order valence-electron chi connectivity index (χ3n) is 3.05. The minimum atomic E-state index is 1.03. The zero-order valence-corrected chi connectivity index (χ0v) is 11.6. The summed E-state index contributed by atoms with van der Waals surface area (Å²) in [5.41, 5.74) is 1.38. The van der Waals surface area contributed by atoms with E-state index in [0.29, 0.717) is 0 Å². The summed E-state index contributed by atoms with van der Waals surface area (Å²) in [4.78, 5) is 0. The largest absolute Gasteiger partial charge is 0.0845 e. The van der Waals surface area contributed by atoms with Crippen molar-refractivity contribution in [3.8, 4) is 0 Å². The molecule has 0 N–H and O–H groups in total. The number of allylic oxidation sites excluding steroid dienone is 4. The molecule has 0 spiro atoms. The highest BCUT2D eigenvalue weighted by atomic mass is 13.9. The van der Waals surface area contributed by atoms with E-state index in [4.69, 9.17) is 0 Å². The van der Waals surface area contributed by atoms with E-state index in [1.807, 2.05) is 0 Å². The molecule has 0 saturated carbocycles. The SMILES string of the molecule is CCCCCCC/C=C\C=C/Cc1ccccc1. The zero-order chi connectivity index (χ0) is 12.9. The molecule has 0 aliphatic rings. The molecule has 0 fully saturated rings. The second kappa shape index (κ2) is 10.8. The minimum Gasteiger partial charge on any atom is -0.0845 e. The lowest BCUT2D eigenvalue weighted by molar-refractivity contribution is 0.637. The van der Waals surface area contributed by atoms with Crippen LogP contribution < -0.4 is 0 Å². The lowest BCUT2D eigenvalue weighted by Crippen LogP contribution is -1.77. The van der Waals surface area contributed by atoms with Crippen molar-refractivity contribution < 1.29 is 0 Å². The van der Waals surface area contributed by atoms with Gasteiger partial charge in [-0.3, -0.25) is 0 Å². The first kappa shape index (κ1) is 14.8. The molecule has 18 heavy (non-hydrogen) atoms. The lowest BCUT2D eigenvalue weighted by atomic mass is 10.1. The van der Waals surface area contributed by atoms with Gasteiger partial charge in [0.2, 0.25) is 0 Å². The molecule has 0 saturated heterocycles. The fourth-order valence-electron chi connectivity index (χ4n) is 1.94. The molecule has 1 aromatic carbocycles. The normalized spacial score (nSPS) is 11.6. The number of benzene rings is 1. The van der Waals surface area contributed by atoms with Crippen molar-refractivity contribution in [2.24, 2.45) is 0 Å². The molecule has 0 aliphatic heterocycles. The monoisotopic (exact) mass is 242 g/mol. The van der Waals surface area contributed by atoms with Crippen LogP contribution in [0.3, 0.4) is 0 Å². The van der Waals surface area contributed by atoms with Crippen molar-refractivity contribution in [1.82, 2.24) is 0 Å². The van der Waals surface area contributed by atoms with Crippen LogP contribution >= 0.6 is 0 Å². The van der Waals surface area contributed by atoms with Crippen LogP contribution in [0.4, 0.5) is 0 Å². The molecule has 1 aromatic rings. The summed E-state index contributed by atoms with van der Waals surface area (Å²) in [5, 5.41) is 0. The van der Waals surface area contributed by atoms with Crippen LogP contribution in [0, 0.1) is 0 Å². The Morgan fingerprint density at radius 3 is 2.33 bits per heavy atom. The van der Waals surface area contributed by atoms with Crippen molar-refractivity contribution in [2.45, 2.75) is 51.9 Å². The number of hydrogen-bond donors (Lipinski definition) is 0. The van der Waals surface area contributed by atoms with Crippen molar-refractivity contribution >= 4 is 0 Å². The van der Waals surface area contributed by atoms with Crippen LogP contribution in [0.1, 0.15) is 51.0 Å². The average Bonchev–Trinajstić information content (AvgIpc) is 2.42. The fraction of sp³-hybridized carbons (Fsp3) is 0.444. The van der Waals surface area contributed by atoms with Crippen LogP contribution in [-0.4, -0.2) is 0 Å². The first-order valence-corrected chi connectivity index (χ1v) is 7.29. The molecule has 0 atom stereocenters. The maximum Gasteiger partial charge on any atom is -0.00943 e. The van der Waals surface area contributed by atoms with Crippen molar-refractivity contribution in [3.05, 3.63) is 60.2 Å². The van der Waals surface area contributed by atoms with Gasteiger partial charge in [-0.25, -0.2) is 0 Å². The van der Waals surface area contributed by atoms with Crippen molar-refractivity contribution in [1.29, 1.82) is 0 Å². The van der Waals surface area contributed by atoms with Gasteiger partial charge in [0.15, 0.2) is 0 Å². The first-order chi connectivity index (χ1) is 8.93. The van der Waals surface area contributed by atoms with Gasteiger partial charge in [-0.15, -0.1) is 0 Å². The van der Waals surface area contributed by atoms with E-state index >= 15 is 0 Å². The maximum absolute atomic E-state index is 2.29. The van der Waals surface area contributed by atoms with Crippen LogP contribution in [0.5, 0.6) is 0 Å². The number of rotatable bonds is 9. The summed E-state index contributed by atoms with van der Waals surface area (Å²) in [7, 11) is 0. The van der Waals surface area contributed by atoms with Crippen LogP contribution in [0.25, 0.3) is 0 Å². The second-order valence-corrected chi connectivity index (χ2v) is 4.75.